The fourth-order valence-corrected chi connectivity index (χ4v) is 2.53. The van der Waals surface area contributed by atoms with Crippen LogP contribution in [0.4, 0.5) is 11.4 Å². The van der Waals surface area contributed by atoms with Gasteiger partial charge in [0.1, 0.15) is 0 Å². The number of amides is 1. The number of anilines is 2. The van der Waals surface area contributed by atoms with Gasteiger partial charge in [-0.3, -0.25) is 4.79 Å². The van der Waals surface area contributed by atoms with Gasteiger partial charge < -0.3 is 10.2 Å². The summed E-state index contributed by atoms with van der Waals surface area (Å²) in [6.45, 7) is 0. The summed E-state index contributed by atoms with van der Waals surface area (Å²) in [5.74, 6) is -0.239. The van der Waals surface area contributed by atoms with Gasteiger partial charge in [-0.2, -0.15) is 0 Å². The summed E-state index contributed by atoms with van der Waals surface area (Å²) in [5, 5.41) is 2.74. The number of carbonyl (C=O) groups is 1. The molecule has 0 heterocycles. The lowest BCUT2D eigenvalue weighted by atomic mass is 10.2. The van der Waals surface area contributed by atoms with Crippen molar-refractivity contribution < 1.29 is 13.2 Å². The zero-order valence-corrected chi connectivity index (χ0v) is 13.5. The standard InChI is InChI=1S/C16H18N2O3S/c1-18(2)14-8-4-12(5-9-14)16(19)17-13-6-10-15(11-7-13)22(3,20)21/h4-11H,1-3H3,(H,17,19). The lowest BCUT2D eigenvalue weighted by Crippen LogP contribution is -2.13. The van der Waals surface area contributed by atoms with Gasteiger partial charge in [-0.05, 0) is 48.5 Å². The third-order valence-corrected chi connectivity index (χ3v) is 4.31. The Morgan fingerprint density at radius 1 is 0.955 bits per heavy atom. The van der Waals surface area contributed by atoms with Crippen LogP contribution in [0.3, 0.4) is 0 Å². The van der Waals surface area contributed by atoms with Crippen LogP contribution >= 0.6 is 0 Å². The molecule has 0 saturated carbocycles. The van der Waals surface area contributed by atoms with E-state index in [1.54, 1.807) is 24.3 Å². The van der Waals surface area contributed by atoms with Gasteiger partial charge in [-0.25, -0.2) is 8.42 Å². The molecule has 5 nitrogen and oxygen atoms in total. The minimum absolute atomic E-state index is 0.223. The largest absolute Gasteiger partial charge is 0.378 e. The van der Waals surface area contributed by atoms with Crippen LogP contribution in [0.1, 0.15) is 10.4 Å². The Morgan fingerprint density at radius 2 is 1.50 bits per heavy atom. The van der Waals surface area contributed by atoms with Crippen molar-refractivity contribution in [3.63, 3.8) is 0 Å². The molecule has 6 heteroatoms. The van der Waals surface area contributed by atoms with Gasteiger partial charge in [0.25, 0.3) is 5.91 Å². The van der Waals surface area contributed by atoms with Gasteiger partial charge in [0.2, 0.25) is 0 Å². The zero-order chi connectivity index (χ0) is 16.3. The minimum Gasteiger partial charge on any atom is -0.378 e. The number of nitrogens with one attached hydrogen (secondary N) is 1. The quantitative estimate of drug-likeness (QED) is 0.940. The van der Waals surface area contributed by atoms with E-state index in [0.29, 0.717) is 11.3 Å². The number of nitrogens with zero attached hydrogens (tertiary/aromatic N) is 1. The second kappa shape index (κ2) is 6.19. The molecule has 0 atom stereocenters. The van der Waals surface area contributed by atoms with Crippen LogP contribution in [0.25, 0.3) is 0 Å². The molecule has 1 N–H and O–H groups in total. The molecule has 0 aliphatic rings. The second-order valence-corrected chi connectivity index (χ2v) is 7.21. The van der Waals surface area contributed by atoms with Gasteiger partial charge in [0.15, 0.2) is 9.84 Å². The Labute approximate surface area is 130 Å². The predicted octanol–water partition coefficient (Wildman–Crippen LogP) is 2.41. The van der Waals surface area contributed by atoms with Gasteiger partial charge in [0.05, 0.1) is 4.90 Å². The number of hydrogen-bond donors (Lipinski definition) is 1. The molecular weight excluding hydrogens is 300 g/mol. The van der Waals surface area contributed by atoms with E-state index in [1.165, 1.54) is 12.1 Å². The third-order valence-electron chi connectivity index (χ3n) is 3.19. The molecule has 0 saturated heterocycles. The fourth-order valence-electron chi connectivity index (χ4n) is 1.90. The average Bonchev–Trinajstić information content (AvgIpc) is 2.47. The number of sulfone groups is 1. The monoisotopic (exact) mass is 318 g/mol. The summed E-state index contributed by atoms with van der Waals surface area (Å²) < 4.78 is 22.8. The highest BCUT2D eigenvalue weighted by Gasteiger charge is 2.09. The first-order chi connectivity index (χ1) is 10.3. The van der Waals surface area contributed by atoms with Gasteiger partial charge in [0, 0.05) is 37.3 Å². The summed E-state index contributed by atoms with van der Waals surface area (Å²) in [6, 6.07) is 13.3. The SMILES string of the molecule is CN(C)c1ccc(C(=O)Nc2ccc(S(C)(=O)=O)cc2)cc1. The van der Waals surface area contributed by atoms with Crippen molar-refractivity contribution in [3.8, 4) is 0 Å². The van der Waals surface area contributed by atoms with Crippen molar-refractivity contribution in [2.75, 3.05) is 30.6 Å². The van der Waals surface area contributed by atoms with E-state index in [4.69, 9.17) is 0 Å². The molecule has 2 aromatic rings. The second-order valence-electron chi connectivity index (χ2n) is 5.19. The molecule has 0 fully saturated rings. The summed E-state index contributed by atoms with van der Waals surface area (Å²) in [5.41, 5.74) is 2.10. The molecule has 0 unspecified atom stereocenters. The Kier molecular flexibility index (Phi) is 4.51. The molecule has 0 bridgehead atoms. The third kappa shape index (κ3) is 3.85. The van der Waals surface area contributed by atoms with E-state index in [1.807, 2.05) is 31.1 Å². The molecule has 0 aliphatic heterocycles. The summed E-state index contributed by atoms with van der Waals surface area (Å²) in [4.78, 5) is 14.3. The molecule has 1 amide bonds. The summed E-state index contributed by atoms with van der Waals surface area (Å²) in [7, 11) is 0.627. The van der Waals surface area contributed by atoms with Gasteiger partial charge >= 0.3 is 0 Å². The van der Waals surface area contributed by atoms with Gasteiger partial charge in [-0.1, -0.05) is 0 Å². The van der Waals surface area contributed by atoms with E-state index in [0.717, 1.165) is 11.9 Å². The Morgan fingerprint density at radius 3 is 1.95 bits per heavy atom. The number of benzene rings is 2. The summed E-state index contributed by atoms with van der Waals surface area (Å²) in [6.07, 6.45) is 1.15. The van der Waals surface area contributed by atoms with Crippen molar-refractivity contribution in [3.05, 3.63) is 54.1 Å². The zero-order valence-electron chi connectivity index (χ0n) is 12.7. The van der Waals surface area contributed by atoms with Crippen LogP contribution in [-0.4, -0.2) is 34.7 Å². The van der Waals surface area contributed by atoms with E-state index >= 15 is 0 Å². The highest BCUT2D eigenvalue weighted by Crippen LogP contribution is 2.16. The first kappa shape index (κ1) is 16.0. The molecule has 2 aromatic carbocycles. The molecule has 2 rings (SSSR count). The number of carbonyl (C=O) groups excluding carboxylic acids is 1. The van der Waals surface area contributed by atoms with Crippen molar-refractivity contribution in [2.24, 2.45) is 0 Å². The molecular formula is C16H18N2O3S. The number of hydrogen-bond acceptors (Lipinski definition) is 4. The highest BCUT2D eigenvalue weighted by atomic mass is 32.2. The Balaban J connectivity index is 2.11. The van der Waals surface area contributed by atoms with E-state index in [-0.39, 0.29) is 10.8 Å². The maximum absolute atomic E-state index is 12.1. The van der Waals surface area contributed by atoms with E-state index in [9.17, 15) is 13.2 Å². The minimum atomic E-state index is -3.23. The van der Waals surface area contributed by atoms with Crippen molar-refractivity contribution >= 4 is 27.1 Å². The lowest BCUT2D eigenvalue weighted by molar-refractivity contribution is 0.102. The molecule has 22 heavy (non-hydrogen) atoms. The summed E-state index contributed by atoms with van der Waals surface area (Å²) >= 11 is 0. The van der Waals surface area contributed by atoms with Crippen LogP contribution in [0, 0.1) is 0 Å². The topological polar surface area (TPSA) is 66.5 Å². The van der Waals surface area contributed by atoms with Gasteiger partial charge in [-0.15, -0.1) is 0 Å². The van der Waals surface area contributed by atoms with Crippen LogP contribution in [0.5, 0.6) is 0 Å². The first-order valence-electron chi connectivity index (χ1n) is 6.66. The maximum atomic E-state index is 12.1. The Hall–Kier alpha value is -2.34. The lowest BCUT2D eigenvalue weighted by Gasteiger charge is -2.12. The normalized spacial score (nSPS) is 11.0. The number of rotatable bonds is 4. The molecule has 0 aromatic heterocycles. The average molecular weight is 318 g/mol. The molecule has 0 radical (unpaired) electrons. The molecule has 0 spiro atoms. The fraction of sp³-hybridized carbons (Fsp3) is 0.188. The van der Waals surface area contributed by atoms with Crippen molar-refractivity contribution in [2.45, 2.75) is 4.90 Å². The van der Waals surface area contributed by atoms with Crippen LogP contribution in [0.2, 0.25) is 0 Å². The van der Waals surface area contributed by atoms with Crippen LogP contribution < -0.4 is 10.2 Å². The van der Waals surface area contributed by atoms with Crippen molar-refractivity contribution in [1.29, 1.82) is 0 Å². The van der Waals surface area contributed by atoms with E-state index < -0.39 is 9.84 Å². The molecule has 0 aliphatic carbocycles. The van der Waals surface area contributed by atoms with E-state index in [2.05, 4.69) is 5.32 Å². The highest BCUT2D eigenvalue weighted by molar-refractivity contribution is 7.90. The Bertz CT molecular complexity index is 764. The van der Waals surface area contributed by atoms with Crippen LogP contribution in [0.15, 0.2) is 53.4 Å². The maximum Gasteiger partial charge on any atom is 0.255 e. The van der Waals surface area contributed by atoms with Crippen molar-refractivity contribution in [1.82, 2.24) is 0 Å². The predicted molar refractivity (Wildman–Crippen MR) is 88.3 cm³/mol. The first-order valence-corrected chi connectivity index (χ1v) is 8.55. The molecule has 116 valence electrons. The van der Waals surface area contributed by atoms with Crippen LogP contribution in [-0.2, 0) is 9.84 Å². The smallest absolute Gasteiger partial charge is 0.255 e.